The van der Waals surface area contributed by atoms with E-state index in [9.17, 15) is 39.8 Å². The van der Waals surface area contributed by atoms with Gasteiger partial charge in [0, 0.05) is 13.0 Å². The SMILES string of the molecule is CCCCCCC/C=C\CCCCCCCC(=O)OC(COCCCCCCCCCCCCCCC)COP(=O)(O)OC1C(O)C(O)C(O)C(O)C1O. The lowest BCUT2D eigenvalue weighted by molar-refractivity contribution is -0.220. The highest BCUT2D eigenvalue weighted by molar-refractivity contribution is 7.47. The maximum Gasteiger partial charge on any atom is 0.472 e. The number of ether oxygens (including phenoxy) is 2. The molecule has 320 valence electrons. The molecule has 0 aromatic heterocycles. The van der Waals surface area contributed by atoms with Crippen LogP contribution in [0.5, 0.6) is 0 Å². The molecule has 0 spiro atoms. The molecule has 0 bridgehead atoms. The van der Waals surface area contributed by atoms with Gasteiger partial charge in [0.2, 0.25) is 0 Å². The number of aliphatic hydroxyl groups excluding tert-OH is 5. The molecule has 0 heterocycles. The molecular weight excluding hydrogens is 715 g/mol. The number of rotatable bonds is 36. The van der Waals surface area contributed by atoms with E-state index >= 15 is 0 Å². The van der Waals surface area contributed by atoms with Gasteiger partial charge in [-0.3, -0.25) is 13.8 Å². The average Bonchev–Trinajstić information content (AvgIpc) is 3.15. The van der Waals surface area contributed by atoms with Crippen molar-refractivity contribution in [3.05, 3.63) is 12.2 Å². The van der Waals surface area contributed by atoms with E-state index in [4.69, 9.17) is 18.5 Å². The normalized spacial score (nSPS) is 23.5. The van der Waals surface area contributed by atoms with Gasteiger partial charge in [0.25, 0.3) is 0 Å². The second-order valence-electron chi connectivity index (χ2n) is 15.2. The second-order valence-corrected chi connectivity index (χ2v) is 16.6. The zero-order chi connectivity index (χ0) is 39.9. The number of hydrogen-bond donors (Lipinski definition) is 6. The molecule has 0 amide bonds. The number of aliphatic hydroxyl groups is 5. The van der Waals surface area contributed by atoms with Crippen molar-refractivity contribution in [1.82, 2.24) is 0 Å². The van der Waals surface area contributed by atoms with Gasteiger partial charge in [-0.25, -0.2) is 4.57 Å². The van der Waals surface area contributed by atoms with Gasteiger partial charge in [-0.1, -0.05) is 148 Å². The Bertz CT molecular complexity index is 952. The van der Waals surface area contributed by atoms with Crippen molar-refractivity contribution in [3.8, 4) is 0 Å². The topological polar surface area (TPSA) is 192 Å². The van der Waals surface area contributed by atoms with Gasteiger partial charge >= 0.3 is 13.8 Å². The highest BCUT2D eigenvalue weighted by atomic mass is 31.2. The minimum atomic E-state index is -5.01. The van der Waals surface area contributed by atoms with E-state index in [2.05, 4.69) is 26.0 Å². The summed E-state index contributed by atoms with van der Waals surface area (Å²) in [6.07, 6.45) is 21.4. The van der Waals surface area contributed by atoms with Crippen LogP contribution in [0, 0.1) is 0 Å². The van der Waals surface area contributed by atoms with Crippen molar-refractivity contribution >= 4 is 13.8 Å². The third-order valence-electron chi connectivity index (χ3n) is 10.1. The fourth-order valence-corrected chi connectivity index (χ4v) is 7.62. The molecule has 0 aromatic rings. The highest BCUT2D eigenvalue weighted by Crippen LogP contribution is 2.47. The molecule has 6 unspecified atom stereocenters. The standard InChI is InChI=1S/C41H79O12P/c1-3-5-7-9-11-13-15-17-18-20-22-24-26-28-30-35(42)52-34(32-50-31-29-27-25-23-21-19-16-14-12-10-8-6-4-2)33-51-54(48,49)53-41-39(46)37(44)36(43)38(45)40(41)47/h15,17,34,36-41,43-47H,3-14,16,18-33H2,1-2H3,(H,48,49)/b17-15-. The van der Waals surface area contributed by atoms with Crippen LogP contribution in [0.25, 0.3) is 0 Å². The Morgan fingerprint density at radius 2 is 0.981 bits per heavy atom. The average molecular weight is 795 g/mol. The van der Waals surface area contributed by atoms with Gasteiger partial charge in [-0.2, -0.15) is 0 Å². The van der Waals surface area contributed by atoms with Crippen LogP contribution >= 0.6 is 7.82 Å². The Hall–Kier alpha value is -0.920. The zero-order valence-corrected chi connectivity index (χ0v) is 34.7. The van der Waals surface area contributed by atoms with E-state index in [1.165, 1.54) is 96.3 Å². The van der Waals surface area contributed by atoms with Crippen molar-refractivity contribution in [1.29, 1.82) is 0 Å². The summed E-state index contributed by atoms with van der Waals surface area (Å²) >= 11 is 0. The Morgan fingerprint density at radius 3 is 1.46 bits per heavy atom. The first-order valence-corrected chi connectivity index (χ1v) is 23.0. The third-order valence-corrected chi connectivity index (χ3v) is 11.1. The maximum atomic E-state index is 12.8. The molecule has 1 saturated carbocycles. The van der Waals surface area contributed by atoms with Gasteiger partial charge in [0.1, 0.15) is 42.7 Å². The smallest absolute Gasteiger partial charge is 0.457 e. The predicted molar refractivity (Wildman–Crippen MR) is 212 cm³/mol. The summed E-state index contributed by atoms with van der Waals surface area (Å²) in [7, 11) is -5.01. The number of unbranched alkanes of at least 4 members (excludes halogenated alkanes) is 22. The number of esters is 1. The molecule has 1 fully saturated rings. The van der Waals surface area contributed by atoms with Gasteiger partial charge < -0.3 is 39.9 Å². The Morgan fingerprint density at radius 1 is 0.574 bits per heavy atom. The molecule has 0 saturated heterocycles. The van der Waals surface area contributed by atoms with Crippen LogP contribution < -0.4 is 0 Å². The molecule has 6 atom stereocenters. The van der Waals surface area contributed by atoms with Crippen molar-refractivity contribution in [2.45, 2.75) is 224 Å². The second kappa shape index (κ2) is 33.1. The van der Waals surface area contributed by atoms with E-state index in [0.717, 1.165) is 57.8 Å². The maximum absolute atomic E-state index is 12.8. The summed E-state index contributed by atoms with van der Waals surface area (Å²) in [4.78, 5) is 23.1. The summed E-state index contributed by atoms with van der Waals surface area (Å²) in [5.74, 6) is -0.484. The quantitative estimate of drug-likeness (QED) is 0.0155. The number of phosphoric acid groups is 1. The third kappa shape index (κ3) is 25.4. The van der Waals surface area contributed by atoms with Crippen molar-refractivity contribution in [2.75, 3.05) is 19.8 Å². The monoisotopic (exact) mass is 795 g/mol. The van der Waals surface area contributed by atoms with Crippen LogP contribution in [0.2, 0.25) is 0 Å². The van der Waals surface area contributed by atoms with Crippen molar-refractivity contribution in [3.63, 3.8) is 0 Å². The van der Waals surface area contributed by atoms with Crippen LogP contribution in [0.3, 0.4) is 0 Å². The van der Waals surface area contributed by atoms with Crippen LogP contribution in [0.15, 0.2) is 12.2 Å². The van der Waals surface area contributed by atoms with Gasteiger partial charge in [-0.05, 0) is 38.5 Å². The molecule has 1 aliphatic rings. The first-order chi connectivity index (χ1) is 26.0. The van der Waals surface area contributed by atoms with Crippen LogP contribution in [0.4, 0.5) is 0 Å². The van der Waals surface area contributed by atoms with Crippen molar-refractivity contribution < 1.29 is 58.3 Å². The number of carbonyl (C=O) groups excluding carboxylic acids is 1. The molecule has 12 nitrogen and oxygen atoms in total. The van der Waals surface area contributed by atoms with E-state index < -0.39 is 63.1 Å². The summed E-state index contributed by atoms with van der Waals surface area (Å²) in [6, 6.07) is 0. The molecular formula is C41H79O12P. The minimum Gasteiger partial charge on any atom is -0.457 e. The Kier molecular flexibility index (Phi) is 31.3. The minimum absolute atomic E-state index is 0.0748. The van der Waals surface area contributed by atoms with E-state index in [0.29, 0.717) is 13.0 Å². The molecule has 0 aliphatic heterocycles. The Balaban J connectivity index is 2.44. The largest absolute Gasteiger partial charge is 0.472 e. The molecule has 13 heteroatoms. The molecule has 0 aromatic carbocycles. The van der Waals surface area contributed by atoms with Crippen LogP contribution in [-0.4, -0.2) is 98.9 Å². The van der Waals surface area contributed by atoms with E-state index in [1.54, 1.807) is 0 Å². The van der Waals surface area contributed by atoms with Crippen molar-refractivity contribution in [2.24, 2.45) is 0 Å². The number of phosphoric ester groups is 1. The summed E-state index contributed by atoms with van der Waals surface area (Å²) in [6.45, 7) is 4.24. The van der Waals surface area contributed by atoms with Crippen LogP contribution in [0.1, 0.15) is 181 Å². The van der Waals surface area contributed by atoms with Gasteiger partial charge in [0.15, 0.2) is 0 Å². The number of allylic oxidation sites excluding steroid dienone is 2. The first-order valence-electron chi connectivity index (χ1n) is 21.5. The lowest BCUT2D eigenvalue weighted by Gasteiger charge is -2.41. The fourth-order valence-electron chi connectivity index (χ4n) is 6.64. The van der Waals surface area contributed by atoms with Gasteiger partial charge in [0.05, 0.1) is 13.2 Å². The van der Waals surface area contributed by atoms with Crippen LogP contribution in [-0.2, 0) is 27.9 Å². The molecule has 1 aliphatic carbocycles. The summed E-state index contributed by atoms with van der Waals surface area (Å²) in [5, 5.41) is 50.0. The summed E-state index contributed by atoms with van der Waals surface area (Å²) < 4.78 is 34.1. The Labute approximate surface area is 327 Å². The number of carbonyl (C=O) groups is 1. The predicted octanol–water partition coefficient (Wildman–Crippen LogP) is 7.97. The highest BCUT2D eigenvalue weighted by Gasteiger charge is 2.51. The molecule has 6 N–H and O–H groups in total. The lowest BCUT2D eigenvalue weighted by Crippen LogP contribution is -2.64. The fraction of sp³-hybridized carbons (Fsp3) is 0.927. The summed E-state index contributed by atoms with van der Waals surface area (Å²) in [5.41, 5.74) is 0. The number of hydrogen-bond acceptors (Lipinski definition) is 11. The first kappa shape index (κ1) is 51.1. The lowest BCUT2D eigenvalue weighted by atomic mass is 9.85. The molecule has 1 rings (SSSR count). The van der Waals surface area contributed by atoms with E-state index in [-0.39, 0.29) is 13.0 Å². The zero-order valence-electron chi connectivity index (χ0n) is 33.8. The van der Waals surface area contributed by atoms with E-state index in [1.807, 2.05) is 0 Å². The molecule has 0 radical (unpaired) electrons. The molecule has 54 heavy (non-hydrogen) atoms. The van der Waals surface area contributed by atoms with Gasteiger partial charge in [-0.15, -0.1) is 0 Å².